The van der Waals surface area contributed by atoms with Crippen LogP contribution in [0.1, 0.15) is 23.2 Å². The van der Waals surface area contributed by atoms with Crippen molar-refractivity contribution in [3.05, 3.63) is 24.0 Å². The molecule has 1 aliphatic heterocycles. The molecule has 5 nitrogen and oxygen atoms in total. The minimum absolute atomic E-state index is 0.286. The van der Waals surface area contributed by atoms with E-state index in [1.54, 1.807) is 6.20 Å². The minimum atomic E-state index is -0.918. The quantitative estimate of drug-likeness (QED) is 0.708. The highest BCUT2D eigenvalue weighted by molar-refractivity contribution is 5.93. The number of aromatic carboxylic acids is 1. The summed E-state index contributed by atoms with van der Waals surface area (Å²) in [5.74, 6) is -0.918. The number of hydrogen-bond acceptors (Lipinski definition) is 4. The Balaban J connectivity index is 2.10. The number of nitrogens with one attached hydrogen (secondary N) is 2. The Bertz CT molecular complexity index is 375. The number of rotatable bonds is 3. The van der Waals surface area contributed by atoms with Crippen molar-refractivity contribution in [3.8, 4) is 0 Å². The van der Waals surface area contributed by atoms with Gasteiger partial charge in [0.25, 0.3) is 0 Å². The zero-order chi connectivity index (χ0) is 11.4. The van der Waals surface area contributed by atoms with E-state index in [0.717, 1.165) is 25.9 Å². The Kier molecular flexibility index (Phi) is 3.36. The van der Waals surface area contributed by atoms with Crippen LogP contribution in [0.3, 0.4) is 0 Å². The number of aromatic nitrogens is 1. The molecule has 0 saturated carbocycles. The molecule has 0 aliphatic carbocycles. The summed E-state index contributed by atoms with van der Waals surface area (Å²) in [7, 11) is 0. The van der Waals surface area contributed by atoms with Crippen molar-refractivity contribution in [2.45, 2.75) is 18.9 Å². The summed E-state index contributed by atoms with van der Waals surface area (Å²) in [6.45, 7) is 1.95. The van der Waals surface area contributed by atoms with Gasteiger partial charge in [-0.2, -0.15) is 0 Å². The van der Waals surface area contributed by atoms with Crippen molar-refractivity contribution < 1.29 is 9.90 Å². The fourth-order valence-electron chi connectivity index (χ4n) is 1.88. The summed E-state index contributed by atoms with van der Waals surface area (Å²) in [6, 6.07) is 1.86. The fraction of sp³-hybridized carbons (Fsp3) is 0.455. The van der Waals surface area contributed by atoms with Crippen LogP contribution < -0.4 is 10.6 Å². The van der Waals surface area contributed by atoms with Gasteiger partial charge in [-0.25, -0.2) is 4.79 Å². The maximum absolute atomic E-state index is 11.0. The lowest BCUT2D eigenvalue weighted by Crippen LogP contribution is -2.35. The van der Waals surface area contributed by atoms with Crippen LogP contribution >= 0.6 is 0 Å². The molecule has 0 unspecified atom stereocenters. The van der Waals surface area contributed by atoms with E-state index in [1.807, 2.05) is 0 Å². The number of hydrogen-bond donors (Lipinski definition) is 3. The van der Waals surface area contributed by atoms with E-state index in [2.05, 4.69) is 15.6 Å². The zero-order valence-electron chi connectivity index (χ0n) is 8.94. The number of nitrogens with zero attached hydrogens (tertiary/aromatic N) is 1. The third kappa shape index (κ3) is 2.49. The van der Waals surface area contributed by atoms with Gasteiger partial charge in [-0.15, -0.1) is 0 Å². The third-order valence-corrected chi connectivity index (χ3v) is 2.75. The lowest BCUT2D eigenvalue weighted by molar-refractivity contribution is 0.0697. The molecule has 86 valence electrons. The lowest BCUT2D eigenvalue weighted by Gasteiger charge is -2.25. The van der Waals surface area contributed by atoms with Gasteiger partial charge in [-0.1, -0.05) is 0 Å². The third-order valence-electron chi connectivity index (χ3n) is 2.75. The molecular weight excluding hydrogens is 206 g/mol. The molecule has 1 aromatic heterocycles. The second-order valence-electron chi connectivity index (χ2n) is 3.90. The fourth-order valence-corrected chi connectivity index (χ4v) is 1.88. The van der Waals surface area contributed by atoms with Crippen LogP contribution in [-0.4, -0.2) is 35.2 Å². The predicted octanol–water partition coefficient (Wildman–Crippen LogP) is 0.944. The molecule has 2 heterocycles. The maximum Gasteiger partial charge on any atom is 0.337 e. The van der Waals surface area contributed by atoms with Gasteiger partial charge in [-0.05, 0) is 32.0 Å². The molecule has 0 radical (unpaired) electrons. The van der Waals surface area contributed by atoms with E-state index in [-0.39, 0.29) is 5.56 Å². The Hall–Kier alpha value is -1.62. The molecule has 0 aromatic carbocycles. The second kappa shape index (κ2) is 4.94. The highest BCUT2D eigenvalue weighted by Gasteiger charge is 2.16. The number of anilines is 1. The number of pyridine rings is 1. The van der Waals surface area contributed by atoms with Crippen molar-refractivity contribution >= 4 is 11.7 Å². The summed E-state index contributed by atoms with van der Waals surface area (Å²) in [6.07, 6.45) is 5.09. The first kappa shape index (κ1) is 10.9. The number of carboxylic acid groups (broad SMARTS) is 1. The predicted molar refractivity (Wildman–Crippen MR) is 60.7 cm³/mol. The van der Waals surface area contributed by atoms with Crippen molar-refractivity contribution in [2.75, 3.05) is 18.4 Å². The molecule has 3 N–H and O–H groups in total. The van der Waals surface area contributed by atoms with E-state index >= 15 is 0 Å². The highest BCUT2D eigenvalue weighted by Crippen LogP contribution is 2.17. The molecule has 0 amide bonds. The van der Waals surface area contributed by atoms with Gasteiger partial charge >= 0.3 is 5.97 Å². The van der Waals surface area contributed by atoms with E-state index in [0.29, 0.717) is 11.7 Å². The monoisotopic (exact) mass is 221 g/mol. The van der Waals surface area contributed by atoms with Gasteiger partial charge < -0.3 is 15.7 Å². The molecule has 0 bridgehead atoms. The molecule has 1 fully saturated rings. The van der Waals surface area contributed by atoms with Crippen LogP contribution in [0.4, 0.5) is 5.69 Å². The topological polar surface area (TPSA) is 74.2 Å². The number of carboxylic acids is 1. The van der Waals surface area contributed by atoms with Crippen molar-refractivity contribution in [1.82, 2.24) is 10.3 Å². The average Bonchev–Trinajstić information content (AvgIpc) is 2.31. The van der Waals surface area contributed by atoms with Gasteiger partial charge in [0.15, 0.2) is 0 Å². The SMILES string of the molecule is O=C(O)c1ccncc1NC1CCNCC1. The smallest absolute Gasteiger partial charge is 0.337 e. The van der Waals surface area contributed by atoms with Gasteiger partial charge in [0, 0.05) is 12.2 Å². The first-order valence-electron chi connectivity index (χ1n) is 5.42. The molecule has 1 aromatic rings. The average molecular weight is 221 g/mol. The van der Waals surface area contributed by atoms with Crippen molar-refractivity contribution in [2.24, 2.45) is 0 Å². The van der Waals surface area contributed by atoms with Crippen LogP contribution in [0.15, 0.2) is 18.5 Å². The minimum Gasteiger partial charge on any atom is -0.478 e. The summed E-state index contributed by atoms with van der Waals surface area (Å²) >= 11 is 0. The van der Waals surface area contributed by atoms with Crippen LogP contribution in [0.25, 0.3) is 0 Å². The molecule has 1 saturated heterocycles. The van der Waals surface area contributed by atoms with Gasteiger partial charge in [-0.3, -0.25) is 4.98 Å². The maximum atomic E-state index is 11.0. The first-order valence-corrected chi connectivity index (χ1v) is 5.42. The van der Waals surface area contributed by atoms with Crippen LogP contribution in [0.5, 0.6) is 0 Å². The molecule has 16 heavy (non-hydrogen) atoms. The second-order valence-corrected chi connectivity index (χ2v) is 3.90. The van der Waals surface area contributed by atoms with Crippen LogP contribution in [0, 0.1) is 0 Å². The highest BCUT2D eigenvalue weighted by atomic mass is 16.4. The van der Waals surface area contributed by atoms with E-state index in [1.165, 1.54) is 12.3 Å². The summed E-state index contributed by atoms with van der Waals surface area (Å²) in [5.41, 5.74) is 0.899. The Morgan fingerprint density at radius 2 is 2.25 bits per heavy atom. The molecule has 1 aliphatic rings. The zero-order valence-corrected chi connectivity index (χ0v) is 8.94. The largest absolute Gasteiger partial charge is 0.478 e. The van der Waals surface area contributed by atoms with E-state index in [9.17, 15) is 4.79 Å². The van der Waals surface area contributed by atoms with Gasteiger partial charge in [0.1, 0.15) is 0 Å². The van der Waals surface area contributed by atoms with E-state index < -0.39 is 5.97 Å². The standard InChI is InChI=1S/C11H15N3O2/c15-11(16)9-3-6-13-7-10(9)14-8-1-4-12-5-2-8/h3,6-8,12,14H,1-2,4-5H2,(H,15,16). The molecule has 2 rings (SSSR count). The Labute approximate surface area is 93.9 Å². The van der Waals surface area contributed by atoms with Crippen molar-refractivity contribution in [1.29, 1.82) is 0 Å². The van der Waals surface area contributed by atoms with E-state index in [4.69, 9.17) is 5.11 Å². The summed E-state index contributed by atoms with van der Waals surface area (Å²) in [5, 5.41) is 15.5. The van der Waals surface area contributed by atoms with Gasteiger partial charge in [0.05, 0.1) is 17.4 Å². The normalized spacial score (nSPS) is 17.0. The van der Waals surface area contributed by atoms with Gasteiger partial charge in [0.2, 0.25) is 0 Å². The summed E-state index contributed by atoms with van der Waals surface area (Å²) in [4.78, 5) is 14.9. The van der Waals surface area contributed by atoms with Crippen molar-refractivity contribution in [3.63, 3.8) is 0 Å². The van der Waals surface area contributed by atoms with Crippen LogP contribution in [-0.2, 0) is 0 Å². The first-order chi connectivity index (χ1) is 7.77. The molecular formula is C11H15N3O2. The van der Waals surface area contributed by atoms with Crippen LogP contribution in [0.2, 0.25) is 0 Å². The lowest BCUT2D eigenvalue weighted by atomic mass is 10.1. The Morgan fingerprint density at radius 1 is 1.50 bits per heavy atom. The molecule has 0 atom stereocenters. The molecule has 0 spiro atoms. The number of carbonyl (C=O) groups is 1. The summed E-state index contributed by atoms with van der Waals surface area (Å²) < 4.78 is 0. The Morgan fingerprint density at radius 3 is 2.94 bits per heavy atom. The molecule has 5 heteroatoms. The number of piperidine rings is 1.